The number of carbonyl (C=O) groups excluding carboxylic acids is 1. The fourth-order valence-electron chi connectivity index (χ4n) is 2.13. The van der Waals surface area contributed by atoms with E-state index in [9.17, 15) is 9.59 Å². The monoisotopic (exact) mass is 293 g/mol. The van der Waals surface area contributed by atoms with Crippen molar-refractivity contribution in [3.63, 3.8) is 0 Å². The standard InChI is InChI=1S/C16H23NO4/c1-5-17(9-11(2)16(19)20)10-14-8-13(12(3)18)6-7-15(14)21-4/h6-8,11H,5,9-10H2,1-4H3,(H,19,20). The van der Waals surface area contributed by atoms with Gasteiger partial charge in [-0.25, -0.2) is 0 Å². The molecule has 0 saturated carbocycles. The minimum Gasteiger partial charge on any atom is -0.496 e. The Balaban J connectivity index is 2.94. The second-order valence-corrected chi connectivity index (χ2v) is 5.15. The second-order valence-electron chi connectivity index (χ2n) is 5.15. The molecule has 1 aromatic rings. The first kappa shape index (κ1) is 17.2. The highest BCUT2D eigenvalue weighted by Crippen LogP contribution is 2.22. The van der Waals surface area contributed by atoms with Crippen LogP contribution in [-0.4, -0.2) is 42.0 Å². The Morgan fingerprint density at radius 3 is 2.52 bits per heavy atom. The number of ketones is 1. The maximum atomic E-state index is 11.5. The normalized spacial score (nSPS) is 12.2. The van der Waals surface area contributed by atoms with Gasteiger partial charge >= 0.3 is 5.97 Å². The number of benzene rings is 1. The predicted molar refractivity (Wildman–Crippen MR) is 80.7 cm³/mol. The first-order chi connectivity index (χ1) is 9.88. The van der Waals surface area contributed by atoms with Crippen molar-refractivity contribution in [3.05, 3.63) is 29.3 Å². The van der Waals surface area contributed by atoms with Crippen molar-refractivity contribution >= 4 is 11.8 Å². The van der Waals surface area contributed by atoms with Gasteiger partial charge in [-0.1, -0.05) is 13.8 Å². The third-order valence-electron chi connectivity index (χ3n) is 3.48. The molecular formula is C16H23NO4. The van der Waals surface area contributed by atoms with Crippen molar-refractivity contribution < 1.29 is 19.4 Å². The minimum absolute atomic E-state index is 0.000792. The zero-order valence-electron chi connectivity index (χ0n) is 13.0. The summed E-state index contributed by atoms with van der Waals surface area (Å²) in [6, 6.07) is 5.33. The quantitative estimate of drug-likeness (QED) is 0.746. The van der Waals surface area contributed by atoms with Gasteiger partial charge in [-0.2, -0.15) is 0 Å². The number of ether oxygens (including phenoxy) is 1. The molecule has 5 heteroatoms. The molecule has 0 amide bonds. The van der Waals surface area contributed by atoms with Crippen LogP contribution in [0.5, 0.6) is 5.75 Å². The third kappa shape index (κ3) is 4.86. The van der Waals surface area contributed by atoms with Crippen LogP contribution in [0.3, 0.4) is 0 Å². The maximum Gasteiger partial charge on any atom is 0.307 e. The molecule has 5 nitrogen and oxygen atoms in total. The SMILES string of the molecule is CCN(Cc1cc(C(C)=O)ccc1OC)CC(C)C(=O)O. The first-order valence-electron chi connectivity index (χ1n) is 7.02. The van der Waals surface area contributed by atoms with Crippen LogP contribution in [-0.2, 0) is 11.3 Å². The lowest BCUT2D eigenvalue weighted by Gasteiger charge is -2.23. The van der Waals surface area contributed by atoms with E-state index in [0.717, 1.165) is 12.1 Å². The smallest absolute Gasteiger partial charge is 0.307 e. The molecule has 1 N–H and O–H groups in total. The number of carbonyl (C=O) groups is 2. The number of nitrogens with zero attached hydrogens (tertiary/aromatic N) is 1. The van der Waals surface area contributed by atoms with Gasteiger partial charge in [0.1, 0.15) is 5.75 Å². The number of hydrogen-bond donors (Lipinski definition) is 1. The highest BCUT2D eigenvalue weighted by atomic mass is 16.5. The Morgan fingerprint density at radius 1 is 1.38 bits per heavy atom. The lowest BCUT2D eigenvalue weighted by Crippen LogP contribution is -2.31. The molecule has 0 aliphatic heterocycles. The molecule has 1 aromatic carbocycles. The van der Waals surface area contributed by atoms with Crippen molar-refractivity contribution in [1.82, 2.24) is 4.90 Å². The average Bonchev–Trinajstić information content (AvgIpc) is 2.45. The van der Waals surface area contributed by atoms with Gasteiger partial charge in [0.25, 0.3) is 0 Å². The van der Waals surface area contributed by atoms with Gasteiger partial charge in [0.2, 0.25) is 0 Å². The van der Waals surface area contributed by atoms with Crippen molar-refractivity contribution in [1.29, 1.82) is 0 Å². The molecule has 0 aliphatic carbocycles. The van der Waals surface area contributed by atoms with Gasteiger partial charge in [-0.05, 0) is 31.7 Å². The van der Waals surface area contributed by atoms with E-state index in [1.807, 2.05) is 17.9 Å². The van der Waals surface area contributed by atoms with Crippen LogP contribution in [0.2, 0.25) is 0 Å². The Kier molecular flexibility index (Phi) is 6.37. The van der Waals surface area contributed by atoms with Crippen LogP contribution in [0.4, 0.5) is 0 Å². The van der Waals surface area contributed by atoms with E-state index in [2.05, 4.69) is 0 Å². The van der Waals surface area contributed by atoms with E-state index in [-0.39, 0.29) is 5.78 Å². The summed E-state index contributed by atoms with van der Waals surface area (Å²) in [7, 11) is 1.59. The van der Waals surface area contributed by atoms with Gasteiger partial charge < -0.3 is 9.84 Å². The number of hydrogen-bond acceptors (Lipinski definition) is 4. The van der Waals surface area contributed by atoms with Crippen LogP contribution >= 0.6 is 0 Å². The molecule has 0 aliphatic rings. The molecule has 1 atom stereocenters. The summed E-state index contributed by atoms with van der Waals surface area (Å²) in [5, 5.41) is 9.01. The molecular weight excluding hydrogens is 270 g/mol. The number of carboxylic acid groups (broad SMARTS) is 1. The Hall–Kier alpha value is -1.88. The topological polar surface area (TPSA) is 66.8 Å². The average molecular weight is 293 g/mol. The van der Waals surface area contributed by atoms with Crippen molar-refractivity contribution in [2.75, 3.05) is 20.2 Å². The van der Waals surface area contributed by atoms with Gasteiger partial charge in [0.05, 0.1) is 13.0 Å². The molecule has 0 spiro atoms. The maximum absolute atomic E-state index is 11.5. The lowest BCUT2D eigenvalue weighted by atomic mass is 10.1. The Labute approximate surface area is 125 Å². The molecule has 0 radical (unpaired) electrons. The minimum atomic E-state index is -0.807. The summed E-state index contributed by atoms with van der Waals surface area (Å²) in [5.74, 6) is -0.535. The summed E-state index contributed by atoms with van der Waals surface area (Å²) in [6.45, 7) is 6.93. The lowest BCUT2D eigenvalue weighted by molar-refractivity contribution is -0.141. The number of carboxylic acids is 1. The largest absolute Gasteiger partial charge is 0.496 e. The Bertz CT molecular complexity index is 513. The van der Waals surface area contributed by atoms with Crippen molar-refractivity contribution in [3.8, 4) is 5.75 Å². The van der Waals surface area contributed by atoms with Gasteiger partial charge in [-0.15, -0.1) is 0 Å². The van der Waals surface area contributed by atoms with Crippen LogP contribution in [0.1, 0.15) is 36.7 Å². The molecule has 0 saturated heterocycles. The van der Waals surface area contributed by atoms with E-state index < -0.39 is 11.9 Å². The number of rotatable bonds is 8. The predicted octanol–water partition coefficient (Wildman–Crippen LogP) is 2.44. The number of aliphatic carboxylic acids is 1. The molecule has 0 fully saturated rings. The molecule has 21 heavy (non-hydrogen) atoms. The highest BCUT2D eigenvalue weighted by Gasteiger charge is 2.17. The van der Waals surface area contributed by atoms with E-state index in [4.69, 9.17) is 9.84 Å². The molecule has 0 heterocycles. The second kappa shape index (κ2) is 7.78. The van der Waals surface area contributed by atoms with Crippen LogP contribution in [0.25, 0.3) is 0 Å². The van der Waals surface area contributed by atoms with E-state index in [0.29, 0.717) is 24.4 Å². The number of methoxy groups -OCH3 is 1. The van der Waals surface area contributed by atoms with Gasteiger partial charge in [-0.3, -0.25) is 14.5 Å². The van der Waals surface area contributed by atoms with Crippen LogP contribution < -0.4 is 4.74 Å². The summed E-state index contributed by atoms with van der Waals surface area (Å²) in [6.07, 6.45) is 0. The summed E-state index contributed by atoms with van der Waals surface area (Å²) < 4.78 is 5.32. The third-order valence-corrected chi connectivity index (χ3v) is 3.48. The van der Waals surface area contributed by atoms with E-state index >= 15 is 0 Å². The summed E-state index contributed by atoms with van der Waals surface area (Å²) in [5.41, 5.74) is 1.53. The van der Waals surface area contributed by atoms with Crippen molar-refractivity contribution in [2.45, 2.75) is 27.3 Å². The highest BCUT2D eigenvalue weighted by molar-refractivity contribution is 5.94. The number of Topliss-reactive ketones (excluding diaryl/α,β-unsaturated/α-hetero) is 1. The molecule has 116 valence electrons. The Morgan fingerprint density at radius 2 is 2.05 bits per heavy atom. The molecule has 0 aromatic heterocycles. The molecule has 0 bridgehead atoms. The van der Waals surface area contributed by atoms with Crippen LogP contribution in [0.15, 0.2) is 18.2 Å². The fourth-order valence-corrected chi connectivity index (χ4v) is 2.13. The summed E-state index contributed by atoms with van der Waals surface area (Å²) >= 11 is 0. The first-order valence-corrected chi connectivity index (χ1v) is 7.02. The van der Waals surface area contributed by atoms with Gasteiger partial charge in [0, 0.05) is 24.2 Å². The zero-order valence-corrected chi connectivity index (χ0v) is 13.0. The molecule has 1 rings (SSSR count). The van der Waals surface area contributed by atoms with Crippen LogP contribution in [0, 0.1) is 5.92 Å². The van der Waals surface area contributed by atoms with E-state index in [1.165, 1.54) is 6.92 Å². The van der Waals surface area contributed by atoms with Crippen molar-refractivity contribution in [2.24, 2.45) is 5.92 Å². The van der Waals surface area contributed by atoms with E-state index in [1.54, 1.807) is 26.2 Å². The zero-order chi connectivity index (χ0) is 16.0. The fraction of sp³-hybridized carbons (Fsp3) is 0.500. The van der Waals surface area contributed by atoms with Gasteiger partial charge in [0.15, 0.2) is 5.78 Å². The summed E-state index contributed by atoms with van der Waals surface area (Å²) in [4.78, 5) is 24.5. The molecule has 1 unspecified atom stereocenters.